The van der Waals surface area contributed by atoms with Crippen molar-refractivity contribution in [3.63, 3.8) is 0 Å². The van der Waals surface area contributed by atoms with Crippen molar-refractivity contribution < 1.29 is 19.1 Å². The van der Waals surface area contributed by atoms with Crippen LogP contribution in [0.2, 0.25) is 0 Å². The van der Waals surface area contributed by atoms with E-state index in [1.54, 1.807) is 38.3 Å². The summed E-state index contributed by atoms with van der Waals surface area (Å²) in [6.45, 7) is 5.27. The Labute approximate surface area is 147 Å². The Kier molecular flexibility index (Phi) is 5.66. The monoisotopic (exact) mass is 347 g/mol. The van der Waals surface area contributed by atoms with Gasteiger partial charge in [0, 0.05) is 6.04 Å². The maximum absolute atomic E-state index is 12.8. The predicted molar refractivity (Wildman–Crippen MR) is 93.1 cm³/mol. The van der Waals surface area contributed by atoms with Crippen molar-refractivity contribution in [2.24, 2.45) is 0 Å². The number of ether oxygens (including phenoxy) is 1. The van der Waals surface area contributed by atoms with E-state index in [2.05, 4.69) is 10.6 Å². The van der Waals surface area contributed by atoms with Gasteiger partial charge in [0.15, 0.2) is 0 Å². The summed E-state index contributed by atoms with van der Waals surface area (Å²) in [6.07, 6.45) is 1.79. The minimum atomic E-state index is -1.20. The molecule has 0 bridgehead atoms. The van der Waals surface area contributed by atoms with Crippen LogP contribution in [-0.4, -0.2) is 42.4 Å². The van der Waals surface area contributed by atoms with E-state index in [0.29, 0.717) is 11.3 Å². The van der Waals surface area contributed by atoms with Gasteiger partial charge in [-0.15, -0.1) is 0 Å². The number of imide groups is 1. The zero-order chi connectivity index (χ0) is 18.6. The van der Waals surface area contributed by atoms with Crippen molar-refractivity contribution in [2.75, 3.05) is 13.7 Å². The van der Waals surface area contributed by atoms with Gasteiger partial charge < -0.3 is 15.4 Å². The van der Waals surface area contributed by atoms with E-state index >= 15 is 0 Å². The summed E-state index contributed by atoms with van der Waals surface area (Å²) in [5.74, 6) is -0.130. The van der Waals surface area contributed by atoms with Crippen molar-refractivity contribution >= 4 is 17.8 Å². The van der Waals surface area contributed by atoms with Crippen LogP contribution in [0, 0.1) is 0 Å². The number of amides is 4. The number of rotatable bonds is 7. The maximum atomic E-state index is 12.8. The molecule has 1 heterocycles. The number of urea groups is 1. The van der Waals surface area contributed by atoms with Gasteiger partial charge in [-0.1, -0.05) is 25.5 Å². The van der Waals surface area contributed by atoms with E-state index < -0.39 is 17.5 Å². The lowest BCUT2D eigenvalue weighted by Gasteiger charge is -2.22. The third-order valence-electron chi connectivity index (χ3n) is 4.37. The first-order chi connectivity index (χ1) is 11.8. The number of nitrogens with one attached hydrogen (secondary N) is 2. The Morgan fingerprint density at radius 1 is 1.32 bits per heavy atom. The van der Waals surface area contributed by atoms with E-state index in [4.69, 9.17) is 4.74 Å². The molecule has 0 saturated carbocycles. The van der Waals surface area contributed by atoms with Gasteiger partial charge >= 0.3 is 6.03 Å². The lowest BCUT2D eigenvalue weighted by molar-refractivity contribution is -0.135. The maximum Gasteiger partial charge on any atom is 0.325 e. The smallest absolute Gasteiger partial charge is 0.325 e. The van der Waals surface area contributed by atoms with E-state index in [1.807, 2.05) is 13.8 Å². The predicted octanol–water partition coefficient (Wildman–Crippen LogP) is 1.77. The third-order valence-corrected chi connectivity index (χ3v) is 4.37. The molecule has 1 saturated heterocycles. The van der Waals surface area contributed by atoms with Gasteiger partial charge in [0.25, 0.3) is 5.91 Å². The molecule has 1 aliphatic rings. The first kappa shape index (κ1) is 18.8. The molecule has 0 unspecified atom stereocenters. The summed E-state index contributed by atoms with van der Waals surface area (Å²) in [5.41, 5.74) is -0.563. The molecule has 2 rings (SSSR count). The fraction of sp³-hybridized carbons (Fsp3) is 0.500. The Bertz CT molecular complexity index is 659. The number of benzene rings is 1. The second-order valence-corrected chi connectivity index (χ2v) is 6.43. The highest BCUT2D eigenvalue weighted by Crippen LogP contribution is 2.29. The molecule has 7 nitrogen and oxygen atoms in total. The van der Waals surface area contributed by atoms with Crippen LogP contribution in [0.15, 0.2) is 24.3 Å². The molecule has 0 radical (unpaired) electrons. The van der Waals surface area contributed by atoms with E-state index in [-0.39, 0.29) is 18.5 Å². The van der Waals surface area contributed by atoms with Gasteiger partial charge in [0.05, 0.1) is 7.11 Å². The summed E-state index contributed by atoms with van der Waals surface area (Å²) in [4.78, 5) is 38.1. The molecule has 7 heteroatoms. The van der Waals surface area contributed by atoms with E-state index in [1.165, 1.54) is 0 Å². The van der Waals surface area contributed by atoms with E-state index in [9.17, 15) is 14.4 Å². The van der Waals surface area contributed by atoms with E-state index in [0.717, 1.165) is 17.7 Å². The average molecular weight is 347 g/mol. The second-order valence-electron chi connectivity index (χ2n) is 6.43. The Morgan fingerprint density at radius 3 is 2.52 bits per heavy atom. The van der Waals surface area contributed by atoms with Crippen LogP contribution < -0.4 is 15.4 Å². The van der Waals surface area contributed by atoms with Crippen LogP contribution in [0.5, 0.6) is 5.75 Å². The topological polar surface area (TPSA) is 87.7 Å². The molecule has 2 atom stereocenters. The molecular formula is C18H25N3O4. The summed E-state index contributed by atoms with van der Waals surface area (Å²) in [7, 11) is 1.55. The molecule has 0 aliphatic carbocycles. The van der Waals surface area contributed by atoms with Gasteiger partial charge in [-0.05, 0) is 38.0 Å². The second kappa shape index (κ2) is 7.55. The highest BCUT2D eigenvalue weighted by Gasteiger charge is 2.49. The van der Waals surface area contributed by atoms with Crippen LogP contribution in [0.4, 0.5) is 4.79 Å². The van der Waals surface area contributed by atoms with Gasteiger partial charge in [0.1, 0.15) is 17.8 Å². The fourth-order valence-electron chi connectivity index (χ4n) is 2.93. The molecule has 1 fully saturated rings. The third kappa shape index (κ3) is 3.92. The zero-order valence-corrected chi connectivity index (χ0v) is 15.1. The lowest BCUT2D eigenvalue weighted by Crippen LogP contribution is -2.44. The van der Waals surface area contributed by atoms with Crippen LogP contribution >= 0.6 is 0 Å². The quantitative estimate of drug-likeness (QED) is 0.736. The SMILES string of the molecule is CCC[C@H](C)NC(=O)CN1C(=O)N[C@@](C)(c2ccc(OC)cc2)C1=O. The summed E-state index contributed by atoms with van der Waals surface area (Å²) in [6, 6.07) is 6.34. The standard InChI is InChI=1S/C18H25N3O4/c1-5-6-12(2)19-15(22)11-21-16(23)18(3,20-17(21)24)13-7-9-14(25-4)10-8-13/h7-10,12H,5-6,11H2,1-4H3,(H,19,22)(H,20,24)/t12-,18-/m0/s1. The first-order valence-corrected chi connectivity index (χ1v) is 8.39. The minimum absolute atomic E-state index is 0.00578. The Morgan fingerprint density at radius 2 is 1.96 bits per heavy atom. The number of carbonyl (C=O) groups is 3. The summed E-state index contributed by atoms with van der Waals surface area (Å²) in [5, 5.41) is 5.49. The van der Waals surface area contributed by atoms with Crippen LogP contribution in [0.1, 0.15) is 39.2 Å². The summed E-state index contributed by atoms with van der Waals surface area (Å²) < 4.78 is 5.11. The van der Waals surface area contributed by atoms with Crippen LogP contribution in [0.3, 0.4) is 0 Å². The molecule has 0 aromatic heterocycles. The molecule has 25 heavy (non-hydrogen) atoms. The Balaban J connectivity index is 2.11. The highest BCUT2D eigenvalue weighted by molar-refractivity contribution is 6.09. The first-order valence-electron chi connectivity index (χ1n) is 8.39. The van der Waals surface area contributed by atoms with Crippen molar-refractivity contribution in [2.45, 2.75) is 45.2 Å². The largest absolute Gasteiger partial charge is 0.497 e. The number of carbonyl (C=O) groups excluding carboxylic acids is 3. The van der Waals surface area contributed by atoms with Crippen molar-refractivity contribution in [1.29, 1.82) is 0 Å². The minimum Gasteiger partial charge on any atom is -0.497 e. The summed E-state index contributed by atoms with van der Waals surface area (Å²) >= 11 is 0. The normalized spacial score (nSPS) is 21.0. The number of hydrogen-bond acceptors (Lipinski definition) is 4. The lowest BCUT2D eigenvalue weighted by atomic mass is 9.92. The van der Waals surface area contributed by atoms with Crippen molar-refractivity contribution in [1.82, 2.24) is 15.5 Å². The molecule has 4 amide bonds. The van der Waals surface area contributed by atoms with Crippen molar-refractivity contribution in [3.05, 3.63) is 29.8 Å². The van der Waals surface area contributed by atoms with Crippen LogP contribution in [-0.2, 0) is 15.1 Å². The van der Waals surface area contributed by atoms with Gasteiger partial charge in [0.2, 0.25) is 5.91 Å². The highest BCUT2D eigenvalue weighted by atomic mass is 16.5. The molecule has 2 N–H and O–H groups in total. The Hall–Kier alpha value is -2.57. The van der Waals surface area contributed by atoms with Gasteiger partial charge in [-0.3, -0.25) is 14.5 Å². The average Bonchev–Trinajstić information content (AvgIpc) is 2.79. The number of nitrogens with zero attached hydrogens (tertiary/aromatic N) is 1. The number of hydrogen-bond donors (Lipinski definition) is 2. The van der Waals surface area contributed by atoms with Gasteiger partial charge in [-0.2, -0.15) is 0 Å². The van der Waals surface area contributed by atoms with Crippen molar-refractivity contribution in [3.8, 4) is 5.75 Å². The molecule has 1 aliphatic heterocycles. The molecule has 1 aromatic rings. The molecule has 1 aromatic carbocycles. The number of methoxy groups -OCH3 is 1. The zero-order valence-electron chi connectivity index (χ0n) is 15.1. The van der Waals surface area contributed by atoms with Gasteiger partial charge in [-0.25, -0.2) is 4.79 Å². The fourth-order valence-corrected chi connectivity index (χ4v) is 2.93. The molecule has 136 valence electrons. The molecular weight excluding hydrogens is 322 g/mol. The van der Waals surface area contributed by atoms with Crippen LogP contribution in [0.25, 0.3) is 0 Å². The molecule has 0 spiro atoms.